The first kappa shape index (κ1) is 20.3. The molecule has 0 atom stereocenters. The number of rotatable bonds is 5. The van der Waals surface area contributed by atoms with Crippen LogP contribution in [0.4, 0.5) is 18.0 Å². The Morgan fingerprint density at radius 3 is 2.52 bits per heavy atom. The van der Waals surface area contributed by atoms with Gasteiger partial charge in [0.2, 0.25) is 5.88 Å². The third kappa shape index (κ3) is 5.31. The summed E-state index contributed by atoms with van der Waals surface area (Å²) in [6.45, 7) is 1.90. The molecule has 0 radical (unpaired) electrons. The van der Waals surface area contributed by atoms with Crippen LogP contribution in [0.15, 0.2) is 60.8 Å². The minimum absolute atomic E-state index is 0.0159. The van der Waals surface area contributed by atoms with E-state index in [1.54, 1.807) is 17.7 Å². The average molecular weight is 404 g/mol. The van der Waals surface area contributed by atoms with E-state index in [1.165, 1.54) is 18.2 Å². The summed E-state index contributed by atoms with van der Waals surface area (Å²) in [5, 5.41) is 2.54. The highest BCUT2D eigenvalue weighted by Gasteiger charge is 2.31. The molecule has 1 N–H and O–H groups in total. The molecule has 5 nitrogen and oxygen atoms in total. The van der Waals surface area contributed by atoms with Gasteiger partial charge in [-0.2, -0.15) is 0 Å². The van der Waals surface area contributed by atoms with Crippen molar-refractivity contribution < 1.29 is 27.4 Å². The Morgan fingerprint density at radius 2 is 1.83 bits per heavy atom. The third-order valence-corrected chi connectivity index (χ3v) is 4.14. The quantitative estimate of drug-likeness (QED) is 0.637. The lowest BCUT2D eigenvalue weighted by Crippen LogP contribution is -2.27. The highest BCUT2D eigenvalue weighted by Crippen LogP contribution is 2.34. The van der Waals surface area contributed by atoms with E-state index in [0.717, 1.165) is 16.7 Å². The van der Waals surface area contributed by atoms with Crippen LogP contribution in [0.25, 0.3) is 11.1 Å². The Kier molecular flexibility index (Phi) is 5.81. The fourth-order valence-corrected chi connectivity index (χ4v) is 2.99. The van der Waals surface area contributed by atoms with Gasteiger partial charge in [-0.05, 0) is 35.7 Å². The number of alkyl halides is 3. The Balaban J connectivity index is 1.69. The maximum absolute atomic E-state index is 12.3. The van der Waals surface area contributed by atoms with E-state index < -0.39 is 12.5 Å². The molecule has 0 unspecified atom stereocenters. The van der Waals surface area contributed by atoms with Crippen molar-refractivity contribution in [1.29, 1.82) is 0 Å². The normalized spacial score (nSPS) is 11.2. The first-order chi connectivity index (χ1) is 13.7. The molecule has 3 aromatic rings. The summed E-state index contributed by atoms with van der Waals surface area (Å²) in [7, 11) is 1.76. The van der Waals surface area contributed by atoms with Crippen LogP contribution in [0.1, 0.15) is 11.1 Å². The largest absolute Gasteiger partial charge is 0.573 e. The molecule has 0 aliphatic carbocycles. The molecule has 2 aromatic carbocycles. The van der Waals surface area contributed by atoms with Gasteiger partial charge in [-0.1, -0.05) is 42.5 Å². The van der Waals surface area contributed by atoms with Gasteiger partial charge in [0.05, 0.1) is 0 Å². The van der Waals surface area contributed by atoms with Crippen molar-refractivity contribution in [3.05, 3.63) is 71.9 Å². The molecular formula is C21H19F3N2O3. The molecule has 1 heterocycles. The number of aryl methyl sites for hydroxylation is 2. The summed E-state index contributed by atoms with van der Waals surface area (Å²) < 4.78 is 48.1. The van der Waals surface area contributed by atoms with E-state index >= 15 is 0 Å². The predicted octanol–water partition coefficient (Wildman–Crippen LogP) is 5.19. The molecule has 0 saturated carbocycles. The number of amides is 1. The molecule has 0 aliphatic rings. The van der Waals surface area contributed by atoms with Crippen molar-refractivity contribution in [2.24, 2.45) is 7.05 Å². The lowest BCUT2D eigenvalue weighted by molar-refractivity contribution is -0.274. The molecule has 0 saturated heterocycles. The van der Waals surface area contributed by atoms with Crippen molar-refractivity contribution in [2.75, 3.05) is 0 Å². The topological polar surface area (TPSA) is 52.5 Å². The zero-order chi connectivity index (χ0) is 21.0. The molecule has 152 valence electrons. The molecule has 1 aromatic heterocycles. The van der Waals surface area contributed by atoms with Crippen LogP contribution in [0.3, 0.4) is 0 Å². The molecule has 0 fully saturated rings. The molecular weight excluding hydrogens is 385 g/mol. The van der Waals surface area contributed by atoms with Gasteiger partial charge in [-0.15, -0.1) is 13.2 Å². The predicted molar refractivity (Wildman–Crippen MR) is 102 cm³/mol. The van der Waals surface area contributed by atoms with Crippen LogP contribution in [0.5, 0.6) is 11.6 Å². The number of carbonyl (C=O) groups excluding carboxylic acids is 1. The Labute approximate surface area is 165 Å². The van der Waals surface area contributed by atoms with E-state index in [0.29, 0.717) is 11.4 Å². The van der Waals surface area contributed by atoms with Crippen LogP contribution in [-0.4, -0.2) is 17.0 Å². The molecule has 1 amide bonds. The standard InChI is InChI=1S/C21H19F3N2O3/c1-14-13-26(2)19(18(14)16-8-4-3-5-9-16)28-20(27)25-12-15-7-6-10-17(11-15)29-21(22,23)24/h3-11,13H,12H2,1-2H3,(H,25,27). The summed E-state index contributed by atoms with van der Waals surface area (Å²) >= 11 is 0. The summed E-state index contributed by atoms with van der Waals surface area (Å²) in [5.41, 5.74) is 3.09. The van der Waals surface area contributed by atoms with Gasteiger partial charge < -0.3 is 19.4 Å². The van der Waals surface area contributed by atoms with Crippen molar-refractivity contribution in [2.45, 2.75) is 19.8 Å². The minimum atomic E-state index is -4.77. The van der Waals surface area contributed by atoms with Crippen LogP contribution >= 0.6 is 0 Å². The summed E-state index contributed by atoms with van der Waals surface area (Å²) in [6.07, 6.45) is -3.64. The van der Waals surface area contributed by atoms with Crippen LogP contribution in [-0.2, 0) is 13.6 Å². The Bertz CT molecular complexity index is 998. The number of nitrogens with zero attached hydrogens (tertiary/aromatic N) is 1. The number of aromatic nitrogens is 1. The highest BCUT2D eigenvalue weighted by atomic mass is 19.4. The Morgan fingerprint density at radius 1 is 1.10 bits per heavy atom. The van der Waals surface area contributed by atoms with E-state index in [-0.39, 0.29) is 12.3 Å². The molecule has 0 spiro atoms. The fourth-order valence-electron chi connectivity index (χ4n) is 2.99. The zero-order valence-corrected chi connectivity index (χ0v) is 15.8. The average Bonchev–Trinajstić information content (AvgIpc) is 2.93. The number of carbonyl (C=O) groups is 1. The van der Waals surface area contributed by atoms with Crippen molar-refractivity contribution >= 4 is 6.09 Å². The van der Waals surface area contributed by atoms with Gasteiger partial charge in [0.15, 0.2) is 0 Å². The van der Waals surface area contributed by atoms with Crippen LogP contribution in [0, 0.1) is 6.92 Å². The zero-order valence-electron chi connectivity index (χ0n) is 15.8. The van der Waals surface area contributed by atoms with Gasteiger partial charge in [0.25, 0.3) is 0 Å². The van der Waals surface area contributed by atoms with E-state index in [2.05, 4.69) is 10.1 Å². The monoisotopic (exact) mass is 404 g/mol. The second-order valence-corrected chi connectivity index (χ2v) is 6.41. The molecule has 0 bridgehead atoms. The lowest BCUT2D eigenvalue weighted by atomic mass is 10.1. The Hall–Kier alpha value is -3.42. The maximum Gasteiger partial charge on any atom is 0.573 e. The molecule has 8 heteroatoms. The van der Waals surface area contributed by atoms with Gasteiger partial charge in [-0.25, -0.2) is 4.79 Å². The first-order valence-electron chi connectivity index (χ1n) is 8.74. The number of benzene rings is 2. The SMILES string of the molecule is Cc1cn(C)c(OC(=O)NCc2cccc(OC(F)(F)F)c2)c1-c1ccccc1. The van der Waals surface area contributed by atoms with Crippen molar-refractivity contribution in [3.63, 3.8) is 0 Å². The van der Waals surface area contributed by atoms with Gasteiger partial charge in [0, 0.05) is 25.4 Å². The minimum Gasteiger partial charge on any atom is -0.406 e. The summed E-state index contributed by atoms with van der Waals surface area (Å²) in [5.74, 6) is 0.0231. The van der Waals surface area contributed by atoms with Crippen molar-refractivity contribution in [3.8, 4) is 22.8 Å². The number of hydrogen-bond donors (Lipinski definition) is 1. The van der Waals surface area contributed by atoms with Gasteiger partial charge >= 0.3 is 12.5 Å². The fraction of sp³-hybridized carbons (Fsp3) is 0.190. The first-order valence-corrected chi connectivity index (χ1v) is 8.74. The number of ether oxygens (including phenoxy) is 2. The number of nitrogens with one attached hydrogen (secondary N) is 1. The van der Waals surface area contributed by atoms with Gasteiger partial charge in [0.1, 0.15) is 5.75 Å². The van der Waals surface area contributed by atoms with Gasteiger partial charge in [-0.3, -0.25) is 0 Å². The molecule has 0 aliphatic heterocycles. The second kappa shape index (κ2) is 8.30. The maximum atomic E-state index is 12.3. The smallest absolute Gasteiger partial charge is 0.406 e. The van der Waals surface area contributed by atoms with E-state index in [4.69, 9.17) is 4.74 Å². The van der Waals surface area contributed by atoms with Crippen LogP contribution < -0.4 is 14.8 Å². The van der Waals surface area contributed by atoms with Crippen molar-refractivity contribution in [1.82, 2.24) is 9.88 Å². The highest BCUT2D eigenvalue weighted by molar-refractivity contribution is 5.78. The van der Waals surface area contributed by atoms with E-state index in [1.807, 2.05) is 43.5 Å². The number of hydrogen-bond acceptors (Lipinski definition) is 3. The van der Waals surface area contributed by atoms with E-state index in [9.17, 15) is 18.0 Å². The second-order valence-electron chi connectivity index (χ2n) is 6.41. The lowest BCUT2D eigenvalue weighted by Gasteiger charge is -2.12. The summed E-state index contributed by atoms with van der Waals surface area (Å²) in [4.78, 5) is 12.3. The van der Waals surface area contributed by atoms with Crippen LogP contribution in [0.2, 0.25) is 0 Å². The molecule has 29 heavy (non-hydrogen) atoms. The third-order valence-electron chi connectivity index (χ3n) is 4.14. The molecule has 3 rings (SSSR count). The summed E-state index contributed by atoms with van der Waals surface area (Å²) in [6, 6.07) is 14.9. The number of halogens is 3.